The molecule has 2 aromatic rings. The first-order valence-corrected chi connectivity index (χ1v) is 6.12. The Labute approximate surface area is 97.8 Å². The molecule has 0 bridgehead atoms. The first-order valence-electron chi connectivity index (χ1n) is 4.57. The molecule has 2 rings (SSSR count). The van der Waals surface area contributed by atoms with Gasteiger partial charge in [-0.2, -0.15) is 0 Å². The van der Waals surface area contributed by atoms with Gasteiger partial charge in [-0.25, -0.2) is 28.5 Å². The second kappa shape index (κ2) is 4.44. The van der Waals surface area contributed by atoms with Crippen molar-refractivity contribution in [2.45, 2.75) is 4.90 Å². The Morgan fingerprint density at radius 2 is 1.88 bits per heavy atom. The SMILES string of the molecule is NS(=O)(=O)c1cccc(Nc2ncncn2)c1. The van der Waals surface area contributed by atoms with Crippen LogP contribution in [0.2, 0.25) is 0 Å². The maximum atomic E-state index is 11.1. The largest absolute Gasteiger partial charge is 0.324 e. The maximum Gasteiger partial charge on any atom is 0.238 e. The number of sulfonamides is 1. The summed E-state index contributed by atoms with van der Waals surface area (Å²) in [5.41, 5.74) is 0.530. The quantitative estimate of drug-likeness (QED) is 0.809. The third-order valence-corrected chi connectivity index (χ3v) is 2.82. The highest BCUT2D eigenvalue weighted by Crippen LogP contribution is 2.16. The van der Waals surface area contributed by atoms with E-state index in [-0.39, 0.29) is 4.90 Å². The summed E-state index contributed by atoms with van der Waals surface area (Å²) >= 11 is 0. The van der Waals surface area contributed by atoms with E-state index in [2.05, 4.69) is 20.3 Å². The summed E-state index contributed by atoms with van der Waals surface area (Å²) in [4.78, 5) is 11.4. The molecular formula is C9H9N5O2S. The van der Waals surface area contributed by atoms with Crippen molar-refractivity contribution in [2.75, 3.05) is 5.32 Å². The highest BCUT2D eigenvalue weighted by molar-refractivity contribution is 7.89. The number of primary sulfonamides is 1. The van der Waals surface area contributed by atoms with Crippen molar-refractivity contribution in [3.05, 3.63) is 36.9 Å². The van der Waals surface area contributed by atoms with Crippen molar-refractivity contribution in [3.63, 3.8) is 0 Å². The molecular weight excluding hydrogens is 242 g/mol. The molecule has 0 atom stereocenters. The molecule has 0 fully saturated rings. The Bertz CT molecular complexity index is 614. The van der Waals surface area contributed by atoms with Crippen LogP contribution in [0.5, 0.6) is 0 Å². The van der Waals surface area contributed by atoms with Crippen molar-refractivity contribution in [1.29, 1.82) is 0 Å². The van der Waals surface area contributed by atoms with Crippen LogP contribution in [0.1, 0.15) is 0 Å². The Morgan fingerprint density at radius 3 is 2.53 bits per heavy atom. The van der Waals surface area contributed by atoms with Crippen molar-refractivity contribution in [2.24, 2.45) is 5.14 Å². The number of nitrogens with zero attached hydrogens (tertiary/aromatic N) is 3. The van der Waals surface area contributed by atoms with Gasteiger partial charge in [0.05, 0.1) is 4.90 Å². The Hall–Kier alpha value is -2.06. The van der Waals surface area contributed by atoms with E-state index in [1.165, 1.54) is 24.8 Å². The van der Waals surface area contributed by atoms with Crippen LogP contribution in [0.3, 0.4) is 0 Å². The first-order chi connectivity index (χ1) is 8.05. The van der Waals surface area contributed by atoms with Gasteiger partial charge in [0.25, 0.3) is 0 Å². The summed E-state index contributed by atoms with van der Waals surface area (Å²) < 4.78 is 22.3. The van der Waals surface area contributed by atoms with Gasteiger partial charge in [0.15, 0.2) is 0 Å². The topological polar surface area (TPSA) is 111 Å². The average molecular weight is 251 g/mol. The number of rotatable bonds is 3. The highest BCUT2D eigenvalue weighted by atomic mass is 32.2. The van der Waals surface area contributed by atoms with Gasteiger partial charge in [-0.1, -0.05) is 6.07 Å². The third kappa shape index (κ3) is 2.95. The molecule has 0 radical (unpaired) electrons. The lowest BCUT2D eigenvalue weighted by Gasteiger charge is -2.05. The molecule has 0 saturated heterocycles. The van der Waals surface area contributed by atoms with Crippen LogP contribution in [0, 0.1) is 0 Å². The van der Waals surface area contributed by atoms with E-state index < -0.39 is 10.0 Å². The van der Waals surface area contributed by atoms with Crippen LogP contribution in [0.25, 0.3) is 0 Å². The summed E-state index contributed by atoms with van der Waals surface area (Å²) in [7, 11) is -3.71. The molecule has 88 valence electrons. The molecule has 3 N–H and O–H groups in total. The fourth-order valence-corrected chi connectivity index (χ4v) is 1.74. The summed E-state index contributed by atoms with van der Waals surface area (Å²) in [6.07, 6.45) is 2.66. The minimum atomic E-state index is -3.71. The van der Waals surface area contributed by atoms with E-state index in [4.69, 9.17) is 5.14 Å². The average Bonchev–Trinajstić information content (AvgIpc) is 2.29. The summed E-state index contributed by atoms with van der Waals surface area (Å²) in [6.45, 7) is 0. The molecule has 1 heterocycles. The second-order valence-electron chi connectivity index (χ2n) is 3.16. The van der Waals surface area contributed by atoms with Gasteiger partial charge in [-0.05, 0) is 18.2 Å². The molecule has 1 aromatic carbocycles. The minimum absolute atomic E-state index is 0.0246. The highest BCUT2D eigenvalue weighted by Gasteiger charge is 2.08. The van der Waals surface area contributed by atoms with Gasteiger partial charge in [0.1, 0.15) is 12.7 Å². The predicted octanol–water partition coefficient (Wildman–Crippen LogP) is 0.263. The Balaban J connectivity index is 2.29. The lowest BCUT2D eigenvalue weighted by atomic mass is 10.3. The van der Waals surface area contributed by atoms with Crippen LogP contribution < -0.4 is 10.5 Å². The normalized spacial score (nSPS) is 11.1. The zero-order valence-electron chi connectivity index (χ0n) is 8.61. The van der Waals surface area contributed by atoms with Gasteiger partial charge in [0, 0.05) is 5.69 Å². The van der Waals surface area contributed by atoms with Crippen molar-refractivity contribution in [3.8, 4) is 0 Å². The van der Waals surface area contributed by atoms with Crippen molar-refractivity contribution >= 4 is 21.7 Å². The van der Waals surface area contributed by atoms with Crippen molar-refractivity contribution < 1.29 is 8.42 Å². The van der Waals surface area contributed by atoms with Gasteiger partial charge in [-0.15, -0.1) is 0 Å². The zero-order chi connectivity index (χ0) is 12.3. The lowest BCUT2D eigenvalue weighted by Crippen LogP contribution is -2.12. The molecule has 0 aliphatic rings. The molecule has 8 heteroatoms. The fraction of sp³-hybridized carbons (Fsp3) is 0. The minimum Gasteiger partial charge on any atom is -0.324 e. The second-order valence-corrected chi connectivity index (χ2v) is 4.72. The molecule has 0 spiro atoms. The zero-order valence-corrected chi connectivity index (χ0v) is 9.42. The summed E-state index contributed by atoms with van der Waals surface area (Å²) in [6, 6.07) is 6.06. The number of anilines is 2. The molecule has 17 heavy (non-hydrogen) atoms. The van der Waals surface area contributed by atoms with Gasteiger partial charge >= 0.3 is 0 Å². The van der Waals surface area contributed by atoms with Crippen molar-refractivity contribution in [1.82, 2.24) is 15.0 Å². The van der Waals surface area contributed by atoms with E-state index in [0.717, 1.165) is 0 Å². The maximum absolute atomic E-state index is 11.1. The number of nitrogens with two attached hydrogens (primary N) is 1. The van der Waals surface area contributed by atoms with E-state index >= 15 is 0 Å². The molecule has 1 aromatic heterocycles. The van der Waals surface area contributed by atoms with Crippen LogP contribution in [-0.4, -0.2) is 23.4 Å². The molecule has 0 aliphatic carbocycles. The fourth-order valence-electron chi connectivity index (χ4n) is 1.18. The standard InChI is InChI=1S/C9H9N5O2S/c10-17(15,16)8-3-1-2-7(4-8)14-9-12-5-11-6-13-9/h1-6H,(H2,10,15,16)(H,11,12,13,14). The van der Waals surface area contributed by atoms with E-state index in [1.807, 2.05) is 0 Å². The van der Waals surface area contributed by atoms with Crippen LogP contribution in [0.4, 0.5) is 11.6 Å². The molecule has 0 amide bonds. The van der Waals surface area contributed by atoms with Gasteiger partial charge in [-0.3, -0.25) is 0 Å². The van der Waals surface area contributed by atoms with E-state index in [0.29, 0.717) is 11.6 Å². The Morgan fingerprint density at radius 1 is 1.18 bits per heavy atom. The van der Waals surface area contributed by atoms with Crippen LogP contribution >= 0.6 is 0 Å². The number of benzene rings is 1. The number of aromatic nitrogens is 3. The van der Waals surface area contributed by atoms with E-state index in [9.17, 15) is 8.42 Å². The summed E-state index contributed by atoms with van der Waals surface area (Å²) in [5, 5.41) is 7.86. The molecule has 0 saturated carbocycles. The number of nitrogens with one attached hydrogen (secondary N) is 1. The third-order valence-electron chi connectivity index (χ3n) is 1.91. The summed E-state index contributed by atoms with van der Waals surface area (Å²) in [5.74, 6) is 0.326. The lowest BCUT2D eigenvalue weighted by molar-refractivity contribution is 0.598. The first kappa shape index (κ1) is 11.4. The number of hydrogen-bond donors (Lipinski definition) is 2. The van der Waals surface area contributed by atoms with E-state index in [1.54, 1.807) is 12.1 Å². The van der Waals surface area contributed by atoms with Crippen LogP contribution in [-0.2, 0) is 10.0 Å². The molecule has 0 unspecified atom stereocenters. The van der Waals surface area contributed by atoms with Gasteiger partial charge in [0.2, 0.25) is 16.0 Å². The van der Waals surface area contributed by atoms with Crippen LogP contribution in [0.15, 0.2) is 41.8 Å². The number of hydrogen-bond acceptors (Lipinski definition) is 6. The molecule has 7 nitrogen and oxygen atoms in total. The predicted molar refractivity (Wildman–Crippen MR) is 60.9 cm³/mol. The monoisotopic (exact) mass is 251 g/mol. The molecule has 0 aliphatic heterocycles. The Kier molecular flexibility index (Phi) is 2.98. The van der Waals surface area contributed by atoms with Gasteiger partial charge < -0.3 is 5.32 Å². The smallest absolute Gasteiger partial charge is 0.238 e.